The minimum atomic E-state index is -0.00401. The van der Waals surface area contributed by atoms with Gasteiger partial charge in [0.2, 0.25) is 5.91 Å². The zero-order valence-corrected chi connectivity index (χ0v) is 15.4. The number of aryl methyl sites for hydroxylation is 1. The van der Waals surface area contributed by atoms with Gasteiger partial charge in [0.05, 0.1) is 13.2 Å². The number of halogens is 1. The Morgan fingerprint density at radius 2 is 1.88 bits per heavy atom. The molecule has 0 aromatic heterocycles. The lowest BCUT2D eigenvalue weighted by atomic mass is 9.97. The van der Waals surface area contributed by atoms with Gasteiger partial charge in [-0.1, -0.05) is 6.07 Å². The van der Waals surface area contributed by atoms with Gasteiger partial charge in [0.25, 0.3) is 5.91 Å². The second-order valence-electron chi connectivity index (χ2n) is 6.45. The monoisotopic (exact) mass is 367 g/mol. The third-order valence-corrected chi connectivity index (χ3v) is 4.75. The predicted octanol–water partition coefficient (Wildman–Crippen LogP) is 1.83. The average Bonchev–Trinajstić information content (AvgIpc) is 2.64. The van der Waals surface area contributed by atoms with Crippen LogP contribution in [0, 0.1) is 12.8 Å². The number of rotatable bonds is 3. The molecular formula is C18H26ClN3O3. The van der Waals surface area contributed by atoms with Crippen molar-refractivity contribution in [2.75, 3.05) is 44.7 Å². The van der Waals surface area contributed by atoms with Crippen molar-refractivity contribution >= 4 is 29.9 Å². The molecule has 25 heavy (non-hydrogen) atoms. The maximum Gasteiger partial charge on any atom is 0.254 e. The second-order valence-corrected chi connectivity index (χ2v) is 6.45. The van der Waals surface area contributed by atoms with E-state index in [4.69, 9.17) is 4.74 Å². The topological polar surface area (TPSA) is 70.7 Å². The molecule has 2 heterocycles. The molecule has 6 nitrogen and oxygen atoms in total. The maximum atomic E-state index is 12.6. The van der Waals surface area contributed by atoms with E-state index in [1.54, 1.807) is 11.0 Å². The highest BCUT2D eigenvalue weighted by atomic mass is 35.5. The Morgan fingerprint density at radius 1 is 1.20 bits per heavy atom. The lowest BCUT2D eigenvalue weighted by Crippen LogP contribution is -2.40. The van der Waals surface area contributed by atoms with Gasteiger partial charge >= 0.3 is 0 Å². The van der Waals surface area contributed by atoms with Crippen molar-refractivity contribution in [2.24, 2.45) is 5.92 Å². The largest absolute Gasteiger partial charge is 0.378 e. The first kappa shape index (κ1) is 19.7. The summed E-state index contributed by atoms with van der Waals surface area (Å²) in [5, 5.41) is 6.28. The fourth-order valence-electron chi connectivity index (χ4n) is 3.16. The van der Waals surface area contributed by atoms with Crippen molar-refractivity contribution in [3.05, 3.63) is 29.3 Å². The number of benzene rings is 1. The van der Waals surface area contributed by atoms with Crippen LogP contribution in [0.3, 0.4) is 0 Å². The Hall–Kier alpha value is -1.63. The van der Waals surface area contributed by atoms with E-state index in [2.05, 4.69) is 10.6 Å². The number of hydrogen-bond donors (Lipinski definition) is 2. The van der Waals surface area contributed by atoms with Crippen LogP contribution < -0.4 is 10.6 Å². The van der Waals surface area contributed by atoms with Gasteiger partial charge in [-0.2, -0.15) is 0 Å². The first-order valence-corrected chi connectivity index (χ1v) is 8.64. The van der Waals surface area contributed by atoms with E-state index in [-0.39, 0.29) is 30.1 Å². The van der Waals surface area contributed by atoms with Crippen molar-refractivity contribution in [2.45, 2.75) is 19.8 Å². The molecule has 0 unspecified atom stereocenters. The Balaban J connectivity index is 0.00000225. The Labute approximate surface area is 154 Å². The smallest absolute Gasteiger partial charge is 0.254 e. The maximum absolute atomic E-state index is 12.6. The molecular weight excluding hydrogens is 342 g/mol. The van der Waals surface area contributed by atoms with E-state index in [0.717, 1.165) is 37.2 Å². The van der Waals surface area contributed by atoms with Gasteiger partial charge in [0, 0.05) is 30.3 Å². The molecule has 2 amide bonds. The van der Waals surface area contributed by atoms with Crippen LogP contribution in [-0.2, 0) is 9.53 Å². The summed E-state index contributed by atoms with van der Waals surface area (Å²) in [7, 11) is 0. The molecule has 0 saturated carbocycles. The van der Waals surface area contributed by atoms with Crippen LogP contribution >= 0.6 is 12.4 Å². The number of anilines is 1. The predicted molar refractivity (Wildman–Crippen MR) is 99.4 cm³/mol. The molecule has 1 aromatic carbocycles. The van der Waals surface area contributed by atoms with Gasteiger partial charge in [-0.05, 0) is 50.6 Å². The van der Waals surface area contributed by atoms with Gasteiger partial charge in [0.1, 0.15) is 0 Å². The molecule has 1 aromatic rings. The number of nitrogens with one attached hydrogen (secondary N) is 2. The van der Waals surface area contributed by atoms with Crippen molar-refractivity contribution in [1.29, 1.82) is 0 Å². The van der Waals surface area contributed by atoms with Crippen LogP contribution in [-0.4, -0.2) is 56.1 Å². The Kier molecular flexibility index (Phi) is 7.23. The molecule has 2 fully saturated rings. The standard InChI is InChI=1S/C18H25N3O3.ClH/c1-13-2-3-15(18(23)21-8-10-24-11-9-21)12-16(13)20-17(22)14-4-6-19-7-5-14;/h2-3,12,14,19H,4-11H2,1H3,(H,20,22);1H. The lowest BCUT2D eigenvalue weighted by Gasteiger charge is -2.27. The summed E-state index contributed by atoms with van der Waals surface area (Å²) in [5.74, 6) is 0.0930. The molecule has 0 bridgehead atoms. The molecule has 138 valence electrons. The molecule has 7 heteroatoms. The zero-order valence-electron chi connectivity index (χ0n) is 14.5. The quantitative estimate of drug-likeness (QED) is 0.855. The van der Waals surface area contributed by atoms with E-state index in [9.17, 15) is 9.59 Å². The highest BCUT2D eigenvalue weighted by molar-refractivity contribution is 5.98. The van der Waals surface area contributed by atoms with Gasteiger partial charge in [-0.3, -0.25) is 9.59 Å². The van der Waals surface area contributed by atoms with Gasteiger partial charge < -0.3 is 20.3 Å². The minimum Gasteiger partial charge on any atom is -0.378 e. The van der Waals surface area contributed by atoms with Crippen molar-refractivity contribution < 1.29 is 14.3 Å². The third kappa shape index (κ3) is 4.93. The van der Waals surface area contributed by atoms with Crippen LogP contribution in [0.25, 0.3) is 0 Å². The first-order chi connectivity index (χ1) is 11.6. The van der Waals surface area contributed by atoms with E-state index >= 15 is 0 Å². The number of hydrogen-bond acceptors (Lipinski definition) is 4. The molecule has 0 atom stereocenters. The summed E-state index contributed by atoms with van der Waals surface area (Å²) < 4.78 is 5.29. The van der Waals surface area contributed by atoms with Gasteiger partial charge in [-0.25, -0.2) is 0 Å². The molecule has 0 aliphatic carbocycles. The Bertz CT molecular complexity index is 612. The van der Waals surface area contributed by atoms with E-state index < -0.39 is 0 Å². The fourth-order valence-corrected chi connectivity index (χ4v) is 3.16. The van der Waals surface area contributed by atoms with Crippen LogP contribution in [0.1, 0.15) is 28.8 Å². The van der Waals surface area contributed by atoms with Crippen LogP contribution in [0.5, 0.6) is 0 Å². The Morgan fingerprint density at radius 3 is 2.56 bits per heavy atom. The highest BCUT2D eigenvalue weighted by Gasteiger charge is 2.23. The highest BCUT2D eigenvalue weighted by Crippen LogP contribution is 2.21. The van der Waals surface area contributed by atoms with Crippen LogP contribution in [0.2, 0.25) is 0 Å². The summed E-state index contributed by atoms with van der Waals surface area (Å²) in [4.78, 5) is 26.9. The summed E-state index contributed by atoms with van der Waals surface area (Å²) in [6.07, 6.45) is 1.72. The lowest BCUT2D eigenvalue weighted by molar-refractivity contribution is -0.120. The van der Waals surface area contributed by atoms with Crippen molar-refractivity contribution in [3.63, 3.8) is 0 Å². The summed E-state index contributed by atoms with van der Waals surface area (Å²) in [6.45, 7) is 6.10. The third-order valence-electron chi connectivity index (χ3n) is 4.75. The van der Waals surface area contributed by atoms with E-state index in [0.29, 0.717) is 31.9 Å². The normalized spacial score (nSPS) is 18.4. The second kappa shape index (κ2) is 9.17. The number of piperidine rings is 1. The van der Waals surface area contributed by atoms with Crippen molar-refractivity contribution in [1.82, 2.24) is 10.2 Å². The number of carbonyl (C=O) groups excluding carboxylic acids is 2. The summed E-state index contributed by atoms with van der Waals surface area (Å²) in [6, 6.07) is 5.52. The minimum absolute atomic E-state index is 0. The van der Waals surface area contributed by atoms with Crippen molar-refractivity contribution in [3.8, 4) is 0 Å². The first-order valence-electron chi connectivity index (χ1n) is 8.64. The summed E-state index contributed by atoms with van der Waals surface area (Å²) >= 11 is 0. The molecule has 2 aliphatic rings. The van der Waals surface area contributed by atoms with Crippen LogP contribution in [0.15, 0.2) is 18.2 Å². The number of morpholine rings is 1. The van der Waals surface area contributed by atoms with E-state index in [1.165, 1.54) is 0 Å². The van der Waals surface area contributed by atoms with E-state index in [1.807, 2.05) is 19.1 Å². The summed E-state index contributed by atoms with van der Waals surface area (Å²) in [5.41, 5.74) is 2.32. The molecule has 2 N–H and O–H groups in total. The molecule has 3 rings (SSSR count). The molecule has 0 radical (unpaired) electrons. The SMILES string of the molecule is Cc1ccc(C(=O)N2CCOCC2)cc1NC(=O)C1CCNCC1.Cl. The molecule has 2 aliphatic heterocycles. The zero-order chi connectivity index (χ0) is 16.9. The van der Waals surface area contributed by atoms with Gasteiger partial charge in [0.15, 0.2) is 0 Å². The van der Waals surface area contributed by atoms with Gasteiger partial charge in [-0.15, -0.1) is 12.4 Å². The number of ether oxygens (including phenoxy) is 1. The fraction of sp³-hybridized carbons (Fsp3) is 0.556. The average molecular weight is 368 g/mol. The van der Waals surface area contributed by atoms with Crippen LogP contribution in [0.4, 0.5) is 5.69 Å². The molecule has 2 saturated heterocycles. The number of nitrogens with zero attached hydrogens (tertiary/aromatic N) is 1. The number of carbonyl (C=O) groups is 2. The molecule has 0 spiro atoms. The number of amides is 2.